The van der Waals surface area contributed by atoms with Crippen LogP contribution in [0.5, 0.6) is 0 Å². The molecule has 0 bridgehead atoms. The zero-order valence-corrected chi connectivity index (χ0v) is 9.89. The Morgan fingerprint density at radius 1 is 0.750 bits per heavy atom. The van der Waals surface area contributed by atoms with Gasteiger partial charge in [0, 0.05) is 11.1 Å². The quantitative estimate of drug-likeness (QED) is 0.605. The minimum Gasteiger partial charge on any atom is -0.0827 e. The predicted octanol–water partition coefficient (Wildman–Crippen LogP) is 4.39. The van der Waals surface area contributed by atoms with Gasteiger partial charge in [-0.1, -0.05) is 59.3 Å². The number of hydrogen-bond donors (Lipinski definition) is 0. The van der Waals surface area contributed by atoms with E-state index in [-0.39, 0.29) is 0 Å². The van der Waals surface area contributed by atoms with Gasteiger partial charge in [0.2, 0.25) is 0 Å². The van der Waals surface area contributed by atoms with Crippen molar-refractivity contribution in [3.63, 3.8) is 0 Å². The number of rotatable bonds is 0. The summed E-state index contributed by atoms with van der Waals surface area (Å²) in [4.78, 5) is 0. The molecule has 0 aliphatic carbocycles. The van der Waals surface area contributed by atoms with Crippen LogP contribution in [0, 0.1) is 11.8 Å². The van der Waals surface area contributed by atoms with Crippen molar-refractivity contribution in [1.82, 2.24) is 0 Å². The largest absolute Gasteiger partial charge is 0.0827 e. The Morgan fingerprint density at radius 2 is 1.50 bits per heavy atom. The van der Waals surface area contributed by atoms with Crippen LogP contribution in [0.15, 0.2) is 48.5 Å². The van der Waals surface area contributed by atoms with Crippen molar-refractivity contribution in [2.24, 2.45) is 0 Å². The van der Waals surface area contributed by atoms with E-state index in [9.17, 15) is 0 Å². The Labute approximate surface area is 105 Å². The molecule has 0 unspecified atom stereocenters. The molecule has 0 heterocycles. The maximum atomic E-state index is 6.03. The minimum absolute atomic E-state index is 0.507. The number of halogens is 2. The molecule has 0 saturated carbocycles. The number of hydrogen-bond acceptors (Lipinski definition) is 0. The fourth-order valence-electron chi connectivity index (χ4n) is 1.26. The average molecular weight is 247 g/mol. The van der Waals surface area contributed by atoms with Crippen LogP contribution in [0.1, 0.15) is 11.1 Å². The highest BCUT2D eigenvalue weighted by molar-refractivity contribution is 6.42. The molecule has 0 radical (unpaired) electrons. The summed E-state index contributed by atoms with van der Waals surface area (Å²) in [6.07, 6.45) is 0. The fourth-order valence-corrected chi connectivity index (χ4v) is 1.61. The standard InChI is InChI=1S/C14H8Cl2/c15-13-8-4-7-12(14(13)16)10-9-11-5-2-1-3-6-11/h1-8H. The van der Waals surface area contributed by atoms with Gasteiger partial charge in [-0.05, 0) is 24.3 Å². The SMILES string of the molecule is Clc1cccc(C#Cc2ccccc2)c1Cl. The van der Waals surface area contributed by atoms with Crippen LogP contribution in [0.3, 0.4) is 0 Å². The summed E-state index contributed by atoms with van der Waals surface area (Å²) in [6, 6.07) is 15.2. The van der Waals surface area contributed by atoms with Crippen molar-refractivity contribution in [2.45, 2.75) is 0 Å². The fraction of sp³-hybridized carbons (Fsp3) is 0. The Morgan fingerprint density at radius 3 is 2.25 bits per heavy atom. The summed E-state index contributed by atoms with van der Waals surface area (Å²) in [5.74, 6) is 6.04. The van der Waals surface area contributed by atoms with Gasteiger partial charge in [-0.15, -0.1) is 0 Å². The lowest BCUT2D eigenvalue weighted by atomic mass is 10.2. The van der Waals surface area contributed by atoms with Crippen LogP contribution < -0.4 is 0 Å². The lowest BCUT2D eigenvalue weighted by Gasteiger charge is -1.97. The summed E-state index contributed by atoms with van der Waals surface area (Å²) in [7, 11) is 0. The molecular formula is C14H8Cl2. The second kappa shape index (κ2) is 5.07. The Balaban J connectivity index is 2.35. The lowest BCUT2D eigenvalue weighted by molar-refractivity contribution is 1.62. The maximum absolute atomic E-state index is 6.03. The van der Waals surface area contributed by atoms with Crippen molar-refractivity contribution in [2.75, 3.05) is 0 Å². The van der Waals surface area contributed by atoms with Crippen molar-refractivity contribution in [1.29, 1.82) is 0 Å². The van der Waals surface area contributed by atoms with Crippen molar-refractivity contribution in [3.05, 3.63) is 69.7 Å². The van der Waals surface area contributed by atoms with E-state index in [4.69, 9.17) is 23.2 Å². The van der Waals surface area contributed by atoms with Gasteiger partial charge in [0.05, 0.1) is 10.0 Å². The zero-order valence-electron chi connectivity index (χ0n) is 8.37. The van der Waals surface area contributed by atoms with Gasteiger partial charge < -0.3 is 0 Å². The molecule has 2 aromatic rings. The summed E-state index contributed by atoms with van der Waals surface area (Å²) >= 11 is 11.9. The van der Waals surface area contributed by atoms with Crippen molar-refractivity contribution in [3.8, 4) is 11.8 Å². The van der Waals surface area contributed by atoms with Gasteiger partial charge in [-0.3, -0.25) is 0 Å². The second-order valence-corrected chi connectivity index (χ2v) is 4.00. The molecule has 0 aliphatic heterocycles. The Bertz CT molecular complexity index is 548. The normalized spacial score (nSPS) is 9.38. The lowest BCUT2D eigenvalue weighted by Crippen LogP contribution is -1.78. The van der Waals surface area contributed by atoms with E-state index in [0.717, 1.165) is 11.1 Å². The molecule has 78 valence electrons. The summed E-state index contributed by atoms with van der Waals surface area (Å²) < 4.78 is 0. The average Bonchev–Trinajstić information content (AvgIpc) is 2.32. The number of benzene rings is 2. The highest BCUT2D eigenvalue weighted by Gasteiger charge is 2.00. The molecule has 2 rings (SSSR count). The van der Waals surface area contributed by atoms with E-state index in [1.165, 1.54) is 0 Å². The van der Waals surface area contributed by atoms with E-state index in [1.807, 2.05) is 42.5 Å². The molecule has 2 heteroatoms. The zero-order chi connectivity index (χ0) is 11.4. The molecule has 0 aliphatic rings. The third-order valence-electron chi connectivity index (χ3n) is 2.07. The van der Waals surface area contributed by atoms with E-state index >= 15 is 0 Å². The molecule has 0 spiro atoms. The van der Waals surface area contributed by atoms with Crippen molar-refractivity contribution < 1.29 is 0 Å². The van der Waals surface area contributed by atoms with Gasteiger partial charge in [0.15, 0.2) is 0 Å². The molecule has 0 fully saturated rings. The first-order valence-electron chi connectivity index (χ1n) is 4.78. The molecule has 0 N–H and O–H groups in total. The molecule has 0 aromatic heterocycles. The van der Waals surface area contributed by atoms with Crippen LogP contribution in [-0.2, 0) is 0 Å². The monoisotopic (exact) mass is 246 g/mol. The maximum Gasteiger partial charge on any atom is 0.0748 e. The molecule has 0 saturated heterocycles. The van der Waals surface area contributed by atoms with Gasteiger partial charge >= 0.3 is 0 Å². The smallest absolute Gasteiger partial charge is 0.0748 e. The van der Waals surface area contributed by atoms with E-state index in [0.29, 0.717) is 10.0 Å². The van der Waals surface area contributed by atoms with Crippen LogP contribution in [0.2, 0.25) is 10.0 Å². The summed E-state index contributed by atoms with van der Waals surface area (Å²) in [5.41, 5.74) is 1.71. The van der Waals surface area contributed by atoms with Gasteiger partial charge in [-0.25, -0.2) is 0 Å². The molecule has 0 nitrogen and oxygen atoms in total. The molecule has 0 amide bonds. The van der Waals surface area contributed by atoms with Crippen LogP contribution in [0.4, 0.5) is 0 Å². The molecule has 2 aromatic carbocycles. The van der Waals surface area contributed by atoms with Gasteiger partial charge in [0.1, 0.15) is 0 Å². The highest BCUT2D eigenvalue weighted by Crippen LogP contribution is 2.24. The molecular weight excluding hydrogens is 239 g/mol. The first-order valence-corrected chi connectivity index (χ1v) is 5.54. The molecule has 16 heavy (non-hydrogen) atoms. The predicted molar refractivity (Wildman–Crippen MR) is 68.9 cm³/mol. The van der Waals surface area contributed by atoms with Gasteiger partial charge in [-0.2, -0.15) is 0 Å². The Kier molecular flexibility index (Phi) is 3.51. The first-order chi connectivity index (χ1) is 7.77. The third kappa shape index (κ3) is 2.58. The third-order valence-corrected chi connectivity index (χ3v) is 2.89. The molecule has 0 atom stereocenters. The van der Waals surface area contributed by atoms with Crippen LogP contribution >= 0.6 is 23.2 Å². The van der Waals surface area contributed by atoms with E-state index in [2.05, 4.69) is 11.8 Å². The summed E-state index contributed by atoms with van der Waals surface area (Å²) in [6.45, 7) is 0. The first kappa shape index (κ1) is 11.1. The van der Waals surface area contributed by atoms with Crippen LogP contribution in [0.25, 0.3) is 0 Å². The van der Waals surface area contributed by atoms with E-state index < -0.39 is 0 Å². The van der Waals surface area contributed by atoms with Crippen LogP contribution in [-0.4, -0.2) is 0 Å². The Hall–Kier alpha value is -1.42. The topological polar surface area (TPSA) is 0 Å². The van der Waals surface area contributed by atoms with Crippen molar-refractivity contribution >= 4 is 23.2 Å². The summed E-state index contributed by atoms with van der Waals surface area (Å²) in [5, 5.41) is 1.04. The van der Waals surface area contributed by atoms with E-state index in [1.54, 1.807) is 6.07 Å². The second-order valence-electron chi connectivity index (χ2n) is 3.22. The minimum atomic E-state index is 0.507. The highest BCUT2D eigenvalue weighted by atomic mass is 35.5. The van der Waals surface area contributed by atoms with Gasteiger partial charge in [0.25, 0.3) is 0 Å².